The summed E-state index contributed by atoms with van der Waals surface area (Å²) in [6, 6.07) is 1.13. The van der Waals surface area contributed by atoms with Crippen molar-refractivity contribution in [1.29, 1.82) is 0 Å². The Labute approximate surface area is 77.5 Å². The summed E-state index contributed by atoms with van der Waals surface area (Å²) in [5.74, 6) is -1.08. The van der Waals surface area contributed by atoms with Gasteiger partial charge in [0.15, 0.2) is 5.82 Å². The zero-order valence-corrected chi connectivity index (χ0v) is 7.15. The second kappa shape index (κ2) is 3.93. The van der Waals surface area contributed by atoms with Crippen LogP contribution in [0, 0.1) is 5.82 Å². The second-order valence-corrected chi connectivity index (χ2v) is 2.70. The zero-order chi connectivity index (χ0) is 10.0. The minimum Gasteiger partial charge on any atom is -0.326 e. The molecule has 0 amide bonds. The molecule has 0 radical (unpaired) electrons. The van der Waals surface area contributed by atoms with Gasteiger partial charge in [0.2, 0.25) is 0 Å². The molecule has 0 spiro atoms. The van der Waals surface area contributed by atoms with Gasteiger partial charge in [-0.05, 0) is 6.07 Å². The topological polar surface area (TPSA) is 38.9 Å². The molecule has 1 heterocycles. The molecule has 72 valence electrons. The minimum absolute atomic E-state index is 0.0599. The molecule has 0 aromatic carbocycles. The molecular formula is C7H6ClF3N2. The van der Waals surface area contributed by atoms with Gasteiger partial charge >= 0.3 is 0 Å². The summed E-state index contributed by atoms with van der Waals surface area (Å²) in [6.45, 7) is -0.187. The smallest absolute Gasteiger partial charge is 0.283 e. The van der Waals surface area contributed by atoms with E-state index < -0.39 is 17.9 Å². The van der Waals surface area contributed by atoms with Crippen molar-refractivity contribution < 1.29 is 13.2 Å². The maximum Gasteiger partial charge on any atom is 0.283 e. The first-order valence-electron chi connectivity index (χ1n) is 3.39. The number of halogens is 4. The van der Waals surface area contributed by atoms with E-state index in [-0.39, 0.29) is 17.3 Å². The van der Waals surface area contributed by atoms with Crippen molar-refractivity contribution >= 4 is 11.6 Å². The van der Waals surface area contributed by atoms with Gasteiger partial charge in [0.1, 0.15) is 10.8 Å². The number of rotatable bonds is 2. The van der Waals surface area contributed by atoms with Crippen LogP contribution in [0.15, 0.2) is 6.07 Å². The molecule has 0 fully saturated rings. The lowest BCUT2D eigenvalue weighted by Crippen LogP contribution is -2.05. The van der Waals surface area contributed by atoms with E-state index in [9.17, 15) is 13.2 Å². The number of hydrogen-bond donors (Lipinski definition) is 1. The Bertz CT molecular complexity index is 317. The van der Waals surface area contributed by atoms with Gasteiger partial charge in [-0.3, -0.25) is 0 Å². The summed E-state index contributed by atoms with van der Waals surface area (Å²) in [7, 11) is 0. The van der Waals surface area contributed by atoms with Gasteiger partial charge in [-0.1, -0.05) is 11.6 Å². The number of hydrogen-bond acceptors (Lipinski definition) is 2. The van der Waals surface area contributed by atoms with Crippen LogP contribution in [0.2, 0.25) is 5.15 Å². The summed E-state index contributed by atoms with van der Waals surface area (Å²) in [5, 5.41) is -0.183. The fourth-order valence-electron chi connectivity index (χ4n) is 0.861. The molecule has 1 aromatic heterocycles. The van der Waals surface area contributed by atoms with Crippen LogP contribution in [0.1, 0.15) is 17.7 Å². The van der Waals surface area contributed by atoms with Gasteiger partial charge in [-0.25, -0.2) is 18.2 Å². The van der Waals surface area contributed by atoms with Crippen molar-refractivity contribution in [3.05, 3.63) is 28.3 Å². The van der Waals surface area contributed by atoms with Gasteiger partial charge in [0.05, 0.1) is 0 Å². The Morgan fingerprint density at radius 3 is 2.62 bits per heavy atom. The highest BCUT2D eigenvalue weighted by Gasteiger charge is 2.18. The summed E-state index contributed by atoms with van der Waals surface area (Å²) in [4.78, 5) is 3.17. The Hall–Kier alpha value is -0.810. The van der Waals surface area contributed by atoms with Crippen molar-refractivity contribution in [3.8, 4) is 0 Å². The largest absolute Gasteiger partial charge is 0.326 e. The molecule has 1 rings (SSSR count). The van der Waals surface area contributed by atoms with Crippen LogP contribution in [0.25, 0.3) is 0 Å². The third kappa shape index (κ3) is 2.10. The second-order valence-electron chi connectivity index (χ2n) is 2.31. The van der Waals surface area contributed by atoms with Gasteiger partial charge in [-0.15, -0.1) is 0 Å². The number of pyridine rings is 1. The van der Waals surface area contributed by atoms with Crippen molar-refractivity contribution in [2.75, 3.05) is 0 Å². The molecule has 2 nitrogen and oxygen atoms in total. The van der Waals surface area contributed by atoms with E-state index in [0.29, 0.717) is 0 Å². The standard InChI is InChI=1S/C7H6ClF3N2/c8-4-1-3(2-12)5(9)6(13-4)7(10)11/h1,7H,2,12H2. The number of nitrogens with zero attached hydrogens (tertiary/aromatic N) is 1. The highest BCUT2D eigenvalue weighted by atomic mass is 35.5. The van der Waals surface area contributed by atoms with Crippen molar-refractivity contribution in [3.63, 3.8) is 0 Å². The first-order valence-corrected chi connectivity index (χ1v) is 3.77. The van der Waals surface area contributed by atoms with Crippen LogP contribution in [0.5, 0.6) is 0 Å². The number of nitrogens with two attached hydrogens (primary N) is 1. The predicted molar refractivity (Wildman–Crippen MR) is 42.1 cm³/mol. The Balaban J connectivity index is 3.27. The van der Waals surface area contributed by atoms with Crippen molar-refractivity contribution in [1.82, 2.24) is 4.98 Å². The zero-order valence-electron chi connectivity index (χ0n) is 6.40. The van der Waals surface area contributed by atoms with Crippen LogP contribution in [-0.4, -0.2) is 4.98 Å². The Morgan fingerprint density at radius 1 is 1.54 bits per heavy atom. The first-order chi connectivity index (χ1) is 6.06. The SMILES string of the molecule is NCc1cc(Cl)nc(C(F)F)c1F. The van der Waals surface area contributed by atoms with Crippen LogP contribution >= 0.6 is 11.6 Å². The maximum absolute atomic E-state index is 13.0. The normalized spacial score (nSPS) is 10.9. The van der Waals surface area contributed by atoms with E-state index in [2.05, 4.69) is 4.98 Å². The van der Waals surface area contributed by atoms with Crippen molar-refractivity contribution in [2.24, 2.45) is 5.73 Å². The van der Waals surface area contributed by atoms with Gasteiger partial charge in [0, 0.05) is 12.1 Å². The van der Waals surface area contributed by atoms with E-state index in [1.54, 1.807) is 0 Å². The molecule has 0 bridgehead atoms. The lowest BCUT2D eigenvalue weighted by atomic mass is 10.2. The van der Waals surface area contributed by atoms with Crippen LogP contribution in [-0.2, 0) is 6.54 Å². The van der Waals surface area contributed by atoms with E-state index in [0.717, 1.165) is 6.07 Å². The quantitative estimate of drug-likeness (QED) is 0.761. The average molecular weight is 211 g/mol. The van der Waals surface area contributed by atoms with Gasteiger partial charge in [-0.2, -0.15) is 0 Å². The molecular weight excluding hydrogens is 205 g/mol. The molecule has 0 saturated carbocycles. The molecule has 0 aliphatic carbocycles. The van der Waals surface area contributed by atoms with E-state index in [4.69, 9.17) is 17.3 Å². The van der Waals surface area contributed by atoms with E-state index >= 15 is 0 Å². The summed E-state index contributed by atoms with van der Waals surface area (Å²) >= 11 is 5.38. The molecule has 2 N–H and O–H groups in total. The lowest BCUT2D eigenvalue weighted by molar-refractivity contribution is 0.140. The lowest BCUT2D eigenvalue weighted by Gasteiger charge is -2.05. The first kappa shape index (κ1) is 10.3. The van der Waals surface area contributed by atoms with E-state index in [1.165, 1.54) is 0 Å². The van der Waals surface area contributed by atoms with Crippen LogP contribution in [0.4, 0.5) is 13.2 Å². The summed E-state index contributed by atoms with van der Waals surface area (Å²) < 4.78 is 37.3. The summed E-state index contributed by atoms with van der Waals surface area (Å²) in [6.07, 6.45) is -2.98. The molecule has 0 aliphatic heterocycles. The highest BCUT2D eigenvalue weighted by molar-refractivity contribution is 6.29. The van der Waals surface area contributed by atoms with Crippen molar-refractivity contribution in [2.45, 2.75) is 13.0 Å². The molecule has 6 heteroatoms. The minimum atomic E-state index is -2.98. The molecule has 0 aliphatic rings. The molecule has 0 unspecified atom stereocenters. The predicted octanol–water partition coefficient (Wildman–Crippen LogP) is 2.27. The molecule has 1 aromatic rings. The monoisotopic (exact) mass is 210 g/mol. The van der Waals surface area contributed by atoms with Crippen LogP contribution in [0.3, 0.4) is 0 Å². The third-order valence-electron chi connectivity index (χ3n) is 1.45. The fourth-order valence-corrected chi connectivity index (χ4v) is 1.08. The average Bonchev–Trinajstić information content (AvgIpc) is 2.08. The highest BCUT2D eigenvalue weighted by Crippen LogP contribution is 2.24. The fraction of sp³-hybridized carbons (Fsp3) is 0.286. The molecule has 0 atom stereocenters. The Kier molecular flexibility index (Phi) is 3.11. The van der Waals surface area contributed by atoms with E-state index in [1.807, 2.05) is 0 Å². The molecule has 13 heavy (non-hydrogen) atoms. The maximum atomic E-state index is 13.0. The van der Waals surface area contributed by atoms with Gasteiger partial charge < -0.3 is 5.73 Å². The number of aromatic nitrogens is 1. The number of alkyl halides is 2. The van der Waals surface area contributed by atoms with Crippen LogP contribution < -0.4 is 5.73 Å². The summed E-state index contributed by atoms with van der Waals surface area (Å²) in [5.41, 5.74) is 4.11. The third-order valence-corrected chi connectivity index (χ3v) is 1.65. The van der Waals surface area contributed by atoms with Gasteiger partial charge in [0.25, 0.3) is 6.43 Å². The molecule has 0 saturated heterocycles. The Morgan fingerprint density at radius 2 is 2.15 bits per heavy atom.